The topological polar surface area (TPSA) is 46.3 Å². The normalized spacial score (nSPS) is 19.5. The Labute approximate surface area is 156 Å². The Morgan fingerprint density at radius 3 is 1.96 bits per heavy atom. The van der Waals surface area contributed by atoms with E-state index >= 15 is 0 Å². The summed E-state index contributed by atoms with van der Waals surface area (Å²) in [6, 6.07) is 25.6. The Balaban J connectivity index is 1.95. The lowest BCUT2D eigenvalue weighted by Gasteiger charge is -2.21. The van der Waals surface area contributed by atoms with Crippen LogP contribution in [-0.4, -0.2) is 15.6 Å². The van der Waals surface area contributed by atoms with Crippen LogP contribution in [0.4, 0.5) is 0 Å². The molecule has 1 aliphatic heterocycles. The summed E-state index contributed by atoms with van der Waals surface area (Å²) >= 11 is 6.00. The van der Waals surface area contributed by atoms with Crippen LogP contribution in [0.25, 0.3) is 5.57 Å². The molecule has 1 unspecified atom stereocenters. The Morgan fingerprint density at radius 2 is 1.35 bits per heavy atom. The molecule has 4 rings (SSSR count). The molecule has 0 bridgehead atoms. The highest BCUT2D eigenvalue weighted by Gasteiger charge is 2.46. The van der Waals surface area contributed by atoms with Crippen LogP contribution in [-0.2, 0) is 5.72 Å². The zero-order chi connectivity index (χ0) is 18.1. The second-order valence-corrected chi connectivity index (χ2v) is 6.60. The maximum absolute atomic E-state index is 13.2. The minimum absolute atomic E-state index is 0.416. The van der Waals surface area contributed by atoms with Crippen LogP contribution < -0.4 is 0 Å². The van der Waals surface area contributed by atoms with Gasteiger partial charge in [-0.2, -0.15) is 4.74 Å². The third kappa shape index (κ3) is 2.71. The van der Waals surface area contributed by atoms with Crippen LogP contribution in [0.15, 0.2) is 91.0 Å². The fourth-order valence-electron chi connectivity index (χ4n) is 3.21. The average molecular weight is 362 g/mol. The summed E-state index contributed by atoms with van der Waals surface area (Å²) < 4.78 is 0.675. The summed E-state index contributed by atoms with van der Waals surface area (Å²) in [5, 5.41) is 25.1. The minimum atomic E-state index is -1.76. The average Bonchev–Trinajstić information content (AvgIpc) is 2.96. The van der Waals surface area contributed by atoms with Crippen LogP contribution in [0, 0.1) is 5.21 Å². The predicted octanol–water partition coefficient (Wildman–Crippen LogP) is 4.58. The van der Waals surface area contributed by atoms with Gasteiger partial charge in [-0.1, -0.05) is 60.1 Å². The predicted molar refractivity (Wildman–Crippen MR) is 104 cm³/mol. The number of nitrogens with zero attached hydrogens (tertiary/aromatic N) is 1. The lowest BCUT2D eigenvalue weighted by atomic mass is 9.95. The molecule has 26 heavy (non-hydrogen) atoms. The summed E-state index contributed by atoms with van der Waals surface area (Å²) in [7, 11) is 0. The first-order chi connectivity index (χ1) is 12.6. The first-order valence-corrected chi connectivity index (χ1v) is 8.64. The first kappa shape index (κ1) is 16.6. The van der Waals surface area contributed by atoms with E-state index in [0.29, 0.717) is 32.2 Å². The van der Waals surface area contributed by atoms with Gasteiger partial charge in [0.15, 0.2) is 0 Å². The molecule has 3 aromatic carbocycles. The highest BCUT2D eigenvalue weighted by molar-refractivity contribution is 6.32. The highest BCUT2D eigenvalue weighted by atomic mass is 35.5. The molecule has 0 saturated heterocycles. The number of hydroxylamine groups is 1. The Morgan fingerprint density at radius 1 is 0.769 bits per heavy atom. The van der Waals surface area contributed by atoms with Crippen LogP contribution >= 0.6 is 11.6 Å². The van der Waals surface area contributed by atoms with E-state index in [1.165, 1.54) is 0 Å². The zero-order valence-electron chi connectivity index (χ0n) is 13.8. The van der Waals surface area contributed by atoms with Gasteiger partial charge in [0.05, 0.1) is 11.1 Å². The molecule has 3 nitrogen and oxygen atoms in total. The molecule has 0 aromatic heterocycles. The van der Waals surface area contributed by atoms with Crippen molar-refractivity contribution in [1.29, 1.82) is 0 Å². The van der Waals surface area contributed by atoms with Crippen LogP contribution in [0.5, 0.6) is 0 Å². The summed E-state index contributed by atoms with van der Waals surface area (Å²) in [5.74, 6) is 0. The Hall–Kier alpha value is -2.88. The molecule has 3 aromatic rings. The van der Waals surface area contributed by atoms with Crippen molar-refractivity contribution >= 4 is 22.9 Å². The SMILES string of the molecule is [O-][N+]1=C(c2ccc(Cl)cc2)C(c2ccccc2)=CC1(O)c1ccccc1. The van der Waals surface area contributed by atoms with Gasteiger partial charge in [-0.25, -0.2) is 0 Å². The van der Waals surface area contributed by atoms with Gasteiger partial charge in [0.2, 0.25) is 5.71 Å². The summed E-state index contributed by atoms with van der Waals surface area (Å²) in [6.45, 7) is 0. The lowest BCUT2D eigenvalue weighted by molar-refractivity contribution is -0.596. The molecule has 0 spiro atoms. The number of allylic oxidation sites excluding steroid dienone is 1. The molecular formula is C22H16ClNO2. The molecule has 0 radical (unpaired) electrons. The molecule has 4 heteroatoms. The third-order valence-corrected chi connectivity index (χ3v) is 4.77. The monoisotopic (exact) mass is 361 g/mol. The molecular weight excluding hydrogens is 346 g/mol. The number of rotatable bonds is 3. The van der Waals surface area contributed by atoms with Crippen molar-refractivity contribution in [2.45, 2.75) is 5.72 Å². The second kappa shape index (κ2) is 6.45. The van der Waals surface area contributed by atoms with Crippen molar-refractivity contribution in [3.63, 3.8) is 0 Å². The van der Waals surface area contributed by atoms with E-state index in [1.54, 1.807) is 54.6 Å². The fourth-order valence-corrected chi connectivity index (χ4v) is 3.34. The maximum Gasteiger partial charge on any atom is 0.323 e. The standard InChI is InChI=1S/C22H16ClNO2/c23-19-13-11-17(12-14-19)21-20(16-7-3-1-4-8-16)15-22(25,24(21)26)18-9-5-2-6-10-18/h1-15,25H. The first-order valence-electron chi connectivity index (χ1n) is 8.26. The molecule has 0 saturated carbocycles. The number of hydrogen-bond donors (Lipinski definition) is 1. The summed E-state index contributed by atoms with van der Waals surface area (Å²) in [6.07, 6.45) is 1.62. The van der Waals surface area contributed by atoms with E-state index in [-0.39, 0.29) is 0 Å². The Kier molecular flexibility index (Phi) is 4.11. The molecule has 0 amide bonds. The van der Waals surface area contributed by atoms with Crippen molar-refractivity contribution < 1.29 is 9.85 Å². The number of benzene rings is 3. The van der Waals surface area contributed by atoms with Gasteiger partial charge in [0.1, 0.15) is 0 Å². The van der Waals surface area contributed by atoms with Crippen molar-refractivity contribution in [2.24, 2.45) is 0 Å². The van der Waals surface area contributed by atoms with Crippen molar-refractivity contribution in [2.75, 3.05) is 0 Å². The molecule has 1 atom stereocenters. The van der Waals surface area contributed by atoms with E-state index in [9.17, 15) is 10.3 Å². The van der Waals surface area contributed by atoms with Gasteiger partial charge >= 0.3 is 5.72 Å². The number of halogens is 1. The van der Waals surface area contributed by atoms with E-state index < -0.39 is 5.72 Å². The van der Waals surface area contributed by atoms with Crippen molar-refractivity contribution in [3.05, 3.63) is 118 Å². The van der Waals surface area contributed by atoms with Crippen LogP contribution in [0.2, 0.25) is 5.02 Å². The van der Waals surface area contributed by atoms with Crippen LogP contribution in [0.3, 0.4) is 0 Å². The largest absolute Gasteiger partial charge is 0.621 e. The van der Waals surface area contributed by atoms with Crippen molar-refractivity contribution in [1.82, 2.24) is 0 Å². The second-order valence-electron chi connectivity index (χ2n) is 6.17. The van der Waals surface area contributed by atoms with Gasteiger partial charge in [0, 0.05) is 16.7 Å². The van der Waals surface area contributed by atoms with E-state index in [0.717, 1.165) is 5.56 Å². The fraction of sp³-hybridized carbons (Fsp3) is 0.0455. The van der Waals surface area contributed by atoms with Gasteiger partial charge < -0.3 is 10.3 Å². The van der Waals surface area contributed by atoms with E-state index in [1.807, 2.05) is 36.4 Å². The van der Waals surface area contributed by atoms with Gasteiger partial charge in [-0.05, 0) is 42.0 Å². The van der Waals surface area contributed by atoms with E-state index in [2.05, 4.69) is 0 Å². The smallest absolute Gasteiger partial charge is 0.323 e. The summed E-state index contributed by atoms with van der Waals surface area (Å²) in [4.78, 5) is 0. The van der Waals surface area contributed by atoms with E-state index in [4.69, 9.17) is 11.6 Å². The molecule has 1 N–H and O–H groups in total. The van der Waals surface area contributed by atoms with Gasteiger partial charge in [0.25, 0.3) is 0 Å². The summed E-state index contributed by atoms with van der Waals surface area (Å²) in [5.41, 5.74) is 1.43. The number of hydrogen-bond acceptors (Lipinski definition) is 2. The Bertz CT molecular complexity index is 995. The molecule has 0 aliphatic carbocycles. The van der Waals surface area contributed by atoms with Crippen molar-refractivity contribution in [3.8, 4) is 0 Å². The van der Waals surface area contributed by atoms with Gasteiger partial charge in [-0.3, -0.25) is 0 Å². The number of aliphatic hydroxyl groups is 1. The zero-order valence-corrected chi connectivity index (χ0v) is 14.6. The highest BCUT2D eigenvalue weighted by Crippen LogP contribution is 2.37. The quantitative estimate of drug-likeness (QED) is 0.548. The third-order valence-electron chi connectivity index (χ3n) is 4.51. The molecule has 0 fully saturated rings. The maximum atomic E-state index is 13.2. The minimum Gasteiger partial charge on any atom is -0.621 e. The molecule has 1 heterocycles. The lowest BCUT2D eigenvalue weighted by Crippen LogP contribution is -2.34. The molecule has 1 aliphatic rings. The van der Waals surface area contributed by atoms with Crippen LogP contribution in [0.1, 0.15) is 16.7 Å². The van der Waals surface area contributed by atoms with Gasteiger partial charge in [-0.15, -0.1) is 0 Å². The molecule has 128 valence electrons.